The van der Waals surface area contributed by atoms with Gasteiger partial charge in [-0.25, -0.2) is 4.79 Å². The first kappa shape index (κ1) is 12.0. The topological polar surface area (TPSA) is 43.4 Å². The van der Waals surface area contributed by atoms with Crippen LogP contribution in [0.5, 0.6) is 0 Å². The lowest BCUT2D eigenvalue weighted by Gasteiger charge is -2.00. The van der Waals surface area contributed by atoms with Crippen LogP contribution in [0.15, 0.2) is 68.4 Å². The number of hydrogen-bond donors (Lipinski definition) is 0. The smallest absolute Gasteiger partial charge is 0.336 e. The van der Waals surface area contributed by atoms with E-state index in [0.717, 1.165) is 21.9 Å². The molecule has 0 aliphatic carbocycles. The van der Waals surface area contributed by atoms with E-state index >= 15 is 0 Å². The molecule has 0 radical (unpaired) electrons. The summed E-state index contributed by atoms with van der Waals surface area (Å²) in [5.41, 5.74) is 4.27. The Hall–Kier alpha value is -2.81. The van der Waals surface area contributed by atoms with Gasteiger partial charge in [0.15, 0.2) is 0 Å². The normalized spacial score (nSPS) is 11.3. The molecule has 4 aromatic rings. The molecule has 0 fully saturated rings. The molecule has 0 unspecified atom stereocenters. The molecule has 102 valence electrons. The molecule has 21 heavy (non-hydrogen) atoms. The Balaban J connectivity index is 2.01. The van der Waals surface area contributed by atoms with Crippen molar-refractivity contribution >= 4 is 21.9 Å². The molecule has 0 atom stereocenters. The van der Waals surface area contributed by atoms with Crippen molar-refractivity contribution < 1.29 is 8.83 Å². The maximum atomic E-state index is 11.3. The van der Waals surface area contributed by atoms with Gasteiger partial charge in [0.1, 0.15) is 11.2 Å². The fourth-order valence-corrected chi connectivity index (χ4v) is 2.55. The van der Waals surface area contributed by atoms with E-state index in [9.17, 15) is 4.79 Å². The minimum atomic E-state index is -0.354. The highest BCUT2D eigenvalue weighted by molar-refractivity contribution is 6.01. The van der Waals surface area contributed by atoms with Crippen LogP contribution in [0.3, 0.4) is 0 Å². The fourth-order valence-electron chi connectivity index (χ4n) is 2.55. The van der Waals surface area contributed by atoms with Crippen LogP contribution in [-0.2, 0) is 0 Å². The first-order chi connectivity index (χ1) is 10.2. The van der Waals surface area contributed by atoms with Gasteiger partial charge in [-0.05, 0) is 24.6 Å². The van der Waals surface area contributed by atoms with E-state index in [0.29, 0.717) is 11.2 Å². The largest absolute Gasteiger partial charge is 0.464 e. The van der Waals surface area contributed by atoms with Crippen LogP contribution < -0.4 is 5.63 Å². The molecule has 0 spiro atoms. The summed E-state index contributed by atoms with van der Waals surface area (Å²) >= 11 is 0. The van der Waals surface area contributed by atoms with E-state index in [1.54, 1.807) is 18.4 Å². The first-order valence-corrected chi connectivity index (χ1v) is 6.73. The number of hydrogen-bond acceptors (Lipinski definition) is 3. The quantitative estimate of drug-likeness (QED) is 0.480. The summed E-state index contributed by atoms with van der Waals surface area (Å²) in [7, 11) is 0. The summed E-state index contributed by atoms with van der Waals surface area (Å²) in [5, 5.41) is 1.90. The Morgan fingerprint density at radius 3 is 2.52 bits per heavy atom. The number of aryl methyl sites for hydroxylation is 1. The van der Waals surface area contributed by atoms with Crippen LogP contribution in [0, 0.1) is 6.92 Å². The second-order valence-corrected chi connectivity index (χ2v) is 5.16. The molecule has 0 aliphatic rings. The van der Waals surface area contributed by atoms with Gasteiger partial charge in [0, 0.05) is 28.5 Å². The summed E-state index contributed by atoms with van der Waals surface area (Å²) in [5.74, 6) is 0. The molecule has 0 N–H and O–H groups in total. The molecular weight excluding hydrogens is 264 g/mol. The lowest BCUT2D eigenvalue weighted by atomic mass is 10.0. The second kappa shape index (κ2) is 4.35. The summed E-state index contributed by atoms with van der Waals surface area (Å²) in [6.07, 6.45) is 1.74. The Bertz CT molecular complexity index is 1000. The molecule has 3 heteroatoms. The van der Waals surface area contributed by atoms with E-state index in [1.165, 1.54) is 11.6 Å². The third-order valence-electron chi connectivity index (χ3n) is 3.68. The number of fused-ring (bicyclic) bond motifs is 2. The zero-order valence-electron chi connectivity index (χ0n) is 11.4. The highest BCUT2D eigenvalue weighted by Crippen LogP contribution is 2.33. The standard InChI is InChI=1S/C18H12O3/c1-11-2-4-12(5-3-11)15-10-20-17-9-16-13(8-14(15)17)6-7-18(19)21-16/h2-10H,1H3. The average molecular weight is 276 g/mol. The molecule has 0 saturated carbocycles. The zero-order valence-corrected chi connectivity index (χ0v) is 11.4. The molecule has 2 aromatic carbocycles. The number of benzene rings is 2. The van der Waals surface area contributed by atoms with Crippen molar-refractivity contribution in [2.75, 3.05) is 0 Å². The average Bonchev–Trinajstić information content (AvgIpc) is 2.88. The van der Waals surface area contributed by atoms with Crippen LogP contribution in [0.25, 0.3) is 33.1 Å². The van der Waals surface area contributed by atoms with E-state index in [4.69, 9.17) is 8.83 Å². The molecule has 3 nitrogen and oxygen atoms in total. The van der Waals surface area contributed by atoms with Crippen LogP contribution in [0.1, 0.15) is 5.56 Å². The van der Waals surface area contributed by atoms with Gasteiger partial charge in [0.05, 0.1) is 6.26 Å². The fraction of sp³-hybridized carbons (Fsp3) is 0.0556. The van der Waals surface area contributed by atoms with Crippen molar-refractivity contribution in [1.82, 2.24) is 0 Å². The summed E-state index contributed by atoms with van der Waals surface area (Å²) < 4.78 is 10.8. The molecule has 0 bridgehead atoms. The Labute approximate surface area is 120 Å². The molecular formula is C18H12O3. The summed E-state index contributed by atoms with van der Waals surface area (Å²) in [6.45, 7) is 2.06. The van der Waals surface area contributed by atoms with Crippen molar-refractivity contribution in [2.24, 2.45) is 0 Å². The van der Waals surface area contributed by atoms with Gasteiger partial charge in [-0.15, -0.1) is 0 Å². The van der Waals surface area contributed by atoms with E-state index < -0.39 is 0 Å². The van der Waals surface area contributed by atoms with Crippen LogP contribution in [0.4, 0.5) is 0 Å². The van der Waals surface area contributed by atoms with Crippen LogP contribution >= 0.6 is 0 Å². The minimum Gasteiger partial charge on any atom is -0.464 e. The lowest BCUT2D eigenvalue weighted by molar-refractivity contribution is 0.559. The van der Waals surface area contributed by atoms with Crippen LogP contribution in [0.2, 0.25) is 0 Å². The van der Waals surface area contributed by atoms with Gasteiger partial charge in [-0.3, -0.25) is 0 Å². The third-order valence-corrected chi connectivity index (χ3v) is 3.68. The van der Waals surface area contributed by atoms with E-state index in [-0.39, 0.29) is 5.63 Å². The second-order valence-electron chi connectivity index (χ2n) is 5.16. The van der Waals surface area contributed by atoms with Crippen molar-refractivity contribution in [3.8, 4) is 11.1 Å². The molecule has 2 heterocycles. The monoisotopic (exact) mass is 276 g/mol. The van der Waals surface area contributed by atoms with Gasteiger partial charge in [-0.1, -0.05) is 29.8 Å². The van der Waals surface area contributed by atoms with Gasteiger partial charge < -0.3 is 8.83 Å². The molecule has 0 aliphatic heterocycles. The molecule has 4 rings (SSSR count). The third kappa shape index (κ3) is 1.94. The van der Waals surface area contributed by atoms with Gasteiger partial charge in [0.25, 0.3) is 0 Å². The van der Waals surface area contributed by atoms with Crippen molar-refractivity contribution in [3.63, 3.8) is 0 Å². The Kier molecular flexibility index (Phi) is 2.48. The van der Waals surface area contributed by atoms with E-state index in [2.05, 4.69) is 31.2 Å². The minimum absolute atomic E-state index is 0.354. The van der Waals surface area contributed by atoms with Gasteiger partial charge >= 0.3 is 5.63 Å². The predicted molar refractivity (Wildman–Crippen MR) is 82.4 cm³/mol. The highest BCUT2D eigenvalue weighted by atomic mass is 16.4. The van der Waals surface area contributed by atoms with Gasteiger partial charge in [-0.2, -0.15) is 0 Å². The van der Waals surface area contributed by atoms with Crippen molar-refractivity contribution in [1.29, 1.82) is 0 Å². The van der Waals surface area contributed by atoms with Crippen molar-refractivity contribution in [2.45, 2.75) is 6.92 Å². The molecule has 2 aromatic heterocycles. The van der Waals surface area contributed by atoms with Gasteiger partial charge in [0.2, 0.25) is 0 Å². The number of furan rings is 1. The Morgan fingerprint density at radius 2 is 1.71 bits per heavy atom. The van der Waals surface area contributed by atoms with Crippen LogP contribution in [-0.4, -0.2) is 0 Å². The molecule has 0 saturated heterocycles. The zero-order chi connectivity index (χ0) is 14.4. The van der Waals surface area contributed by atoms with E-state index in [1.807, 2.05) is 6.07 Å². The Morgan fingerprint density at radius 1 is 0.905 bits per heavy atom. The summed E-state index contributed by atoms with van der Waals surface area (Å²) in [6, 6.07) is 15.3. The molecule has 0 amide bonds. The SMILES string of the molecule is Cc1ccc(-c2coc3cc4oc(=O)ccc4cc23)cc1. The predicted octanol–water partition coefficient (Wildman–Crippen LogP) is 4.51. The maximum Gasteiger partial charge on any atom is 0.336 e. The highest BCUT2D eigenvalue weighted by Gasteiger charge is 2.10. The maximum absolute atomic E-state index is 11.3. The summed E-state index contributed by atoms with van der Waals surface area (Å²) in [4.78, 5) is 11.3. The first-order valence-electron chi connectivity index (χ1n) is 6.73. The lowest BCUT2D eigenvalue weighted by Crippen LogP contribution is -1.93. The number of rotatable bonds is 1. The van der Waals surface area contributed by atoms with Crippen molar-refractivity contribution in [3.05, 3.63) is 70.8 Å².